The number of hydrogen-bond donors (Lipinski definition) is 2. The summed E-state index contributed by atoms with van der Waals surface area (Å²) in [7, 11) is 0. The van der Waals surface area contributed by atoms with Crippen LogP contribution in [-0.4, -0.2) is 41.5 Å². The van der Waals surface area contributed by atoms with Crippen LogP contribution < -0.4 is 10.2 Å². The smallest absolute Gasteiger partial charge is 0.251 e. The molecule has 0 saturated carbocycles. The van der Waals surface area contributed by atoms with Gasteiger partial charge in [-0.2, -0.15) is 0 Å². The molecular weight excluding hydrogens is 366 g/mol. The molecule has 2 aromatic rings. The summed E-state index contributed by atoms with van der Waals surface area (Å²) in [4.78, 5) is 29.5. The Hall–Kier alpha value is -3.02. The van der Waals surface area contributed by atoms with Crippen LogP contribution in [-0.2, 0) is 22.4 Å². The van der Waals surface area contributed by atoms with Crippen molar-refractivity contribution >= 4 is 23.2 Å². The van der Waals surface area contributed by atoms with E-state index in [1.165, 1.54) is 5.56 Å². The van der Waals surface area contributed by atoms with Crippen molar-refractivity contribution in [1.29, 1.82) is 0 Å². The Morgan fingerprint density at radius 1 is 1.03 bits per heavy atom. The maximum Gasteiger partial charge on any atom is 0.251 e. The van der Waals surface area contributed by atoms with Gasteiger partial charge in [0.25, 0.3) is 5.91 Å². The number of nitrogens with zero attached hydrogens (tertiary/aromatic N) is 2. The molecular formula is C23H25N3O3. The molecule has 0 spiro atoms. The van der Waals surface area contributed by atoms with Gasteiger partial charge in [-0.05, 0) is 49.4 Å². The van der Waals surface area contributed by atoms with Crippen molar-refractivity contribution < 1.29 is 14.7 Å². The molecule has 0 aromatic heterocycles. The van der Waals surface area contributed by atoms with Gasteiger partial charge in [0.15, 0.2) is 0 Å². The lowest BCUT2D eigenvalue weighted by molar-refractivity contribution is -0.147. The summed E-state index contributed by atoms with van der Waals surface area (Å²) in [5.41, 5.74) is 4.52. The SMILES string of the molecule is O=C(Nc1ccccc1)[C@H](c1cc2c3c(c1O)CCCN3CCC2)N1CCC1=O. The van der Waals surface area contributed by atoms with E-state index < -0.39 is 6.04 Å². The number of hydrogen-bond acceptors (Lipinski definition) is 4. The maximum atomic E-state index is 13.3. The number of phenolic OH excluding ortho intramolecular Hbond substituents is 1. The lowest BCUT2D eigenvalue weighted by Crippen LogP contribution is -2.49. The number of anilines is 2. The molecule has 29 heavy (non-hydrogen) atoms. The minimum absolute atomic E-state index is 0.0504. The third-order valence-corrected chi connectivity index (χ3v) is 6.31. The number of rotatable bonds is 4. The van der Waals surface area contributed by atoms with Gasteiger partial charge in [-0.3, -0.25) is 9.59 Å². The van der Waals surface area contributed by atoms with Crippen LogP contribution in [0.3, 0.4) is 0 Å². The quantitative estimate of drug-likeness (QED) is 0.786. The number of nitrogens with one attached hydrogen (secondary N) is 1. The highest BCUT2D eigenvalue weighted by atomic mass is 16.3. The van der Waals surface area contributed by atoms with Crippen molar-refractivity contribution in [1.82, 2.24) is 4.90 Å². The summed E-state index contributed by atoms with van der Waals surface area (Å²) >= 11 is 0. The molecule has 1 fully saturated rings. The van der Waals surface area contributed by atoms with Gasteiger partial charge in [-0.25, -0.2) is 0 Å². The number of aromatic hydroxyl groups is 1. The predicted molar refractivity (Wildman–Crippen MR) is 111 cm³/mol. The summed E-state index contributed by atoms with van der Waals surface area (Å²) in [6, 6.07) is 10.4. The van der Waals surface area contributed by atoms with Crippen LogP contribution in [0.1, 0.15) is 42.0 Å². The molecule has 6 nitrogen and oxygen atoms in total. The molecule has 3 aliphatic rings. The van der Waals surface area contributed by atoms with E-state index in [1.807, 2.05) is 36.4 Å². The standard InChI is InChI=1S/C23H25N3O3/c27-19-10-13-26(19)21(23(29)24-16-7-2-1-3-8-16)18-14-15-6-4-11-25-12-5-9-17(20(15)25)22(18)28/h1-3,7-8,14,21,28H,4-6,9-13H2,(H,24,29)/t21-/m0/s1. The number of benzene rings is 2. The second-order valence-electron chi connectivity index (χ2n) is 8.09. The Bertz CT molecular complexity index is 971. The number of likely N-dealkylation sites (tertiary alicyclic amines) is 1. The molecule has 1 saturated heterocycles. The van der Waals surface area contributed by atoms with Gasteiger partial charge in [0.1, 0.15) is 11.8 Å². The van der Waals surface area contributed by atoms with E-state index in [9.17, 15) is 14.7 Å². The van der Waals surface area contributed by atoms with Crippen LogP contribution in [0.5, 0.6) is 5.75 Å². The Kier molecular flexibility index (Phi) is 4.42. The van der Waals surface area contributed by atoms with E-state index in [0.717, 1.165) is 50.0 Å². The van der Waals surface area contributed by atoms with Crippen molar-refractivity contribution in [2.75, 3.05) is 29.9 Å². The van der Waals surface area contributed by atoms with Gasteiger partial charge < -0.3 is 20.2 Å². The zero-order valence-corrected chi connectivity index (χ0v) is 16.4. The molecule has 150 valence electrons. The summed E-state index contributed by atoms with van der Waals surface area (Å²) < 4.78 is 0. The second kappa shape index (κ2) is 7.10. The highest BCUT2D eigenvalue weighted by Crippen LogP contribution is 2.45. The number of amides is 2. The average Bonchev–Trinajstić information content (AvgIpc) is 2.74. The Labute approximate surface area is 170 Å². The summed E-state index contributed by atoms with van der Waals surface area (Å²) in [6.45, 7) is 2.56. The summed E-state index contributed by atoms with van der Waals surface area (Å²) in [5, 5.41) is 14.1. The first-order valence-electron chi connectivity index (χ1n) is 10.4. The predicted octanol–water partition coefficient (Wildman–Crippen LogP) is 3.00. The largest absolute Gasteiger partial charge is 0.507 e. The van der Waals surface area contributed by atoms with Crippen LogP contribution >= 0.6 is 0 Å². The van der Waals surface area contributed by atoms with Crippen molar-refractivity contribution in [3.8, 4) is 5.75 Å². The summed E-state index contributed by atoms with van der Waals surface area (Å²) in [6.07, 6.45) is 4.25. The number of β-lactam (4-membered cyclic amide) rings is 1. The molecule has 0 aliphatic carbocycles. The molecule has 1 atom stereocenters. The Morgan fingerprint density at radius 2 is 1.79 bits per heavy atom. The number of carbonyl (C=O) groups excluding carboxylic acids is 2. The highest BCUT2D eigenvalue weighted by Gasteiger charge is 2.40. The lowest BCUT2D eigenvalue weighted by atomic mass is 9.86. The fourth-order valence-electron chi connectivity index (χ4n) is 4.86. The van der Waals surface area contributed by atoms with Crippen molar-refractivity contribution in [2.45, 2.75) is 38.1 Å². The van der Waals surface area contributed by atoms with Crippen molar-refractivity contribution in [2.24, 2.45) is 0 Å². The fourth-order valence-corrected chi connectivity index (χ4v) is 4.86. The molecule has 2 aromatic carbocycles. The minimum Gasteiger partial charge on any atom is -0.507 e. The van der Waals surface area contributed by atoms with Gasteiger partial charge in [0.2, 0.25) is 5.91 Å². The normalized spacial score (nSPS) is 18.7. The number of carbonyl (C=O) groups is 2. The van der Waals surface area contributed by atoms with E-state index >= 15 is 0 Å². The van der Waals surface area contributed by atoms with Crippen LogP contribution in [0, 0.1) is 0 Å². The van der Waals surface area contributed by atoms with Gasteiger partial charge in [0.05, 0.1) is 0 Å². The van der Waals surface area contributed by atoms with E-state index in [0.29, 0.717) is 24.2 Å². The average molecular weight is 391 g/mol. The van der Waals surface area contributed by atoms with E-state index in [1.54, 1.807) is 4.90 Å². The molecule has 0 unspecified atom stereocenters. The Balaban J connectivity index is 1.58. The molecule has 0 bridgehead atoms. The Morgan fingerprint density at radius 3 is 2.48 bits per heavy atom. The van der Waals surface area contributed by atoms with Gasteiger partial charge >= 0.3 is 0 Å². The second-order valence-corrected chi connectivity index (χ2v) is 8.09. The molecule has 2 amide bonds. The van der Waals surface area contributed by atoms with Gasteiger partial charge in [-0.15, -0.1) is 0 Å². The number of para-hydroxylation sites is 1. The van der Waals surface area contributed by atoms with Crippen LogP contribution in [0.4, 0.5) is 11.4 Å². The summed E-state index contributed by atoms with van der Waals surface area (Å²) in [5.74, 6) is -0.149. The van der Waals surface area contributed by atoms with Gasteiger partial charge in [-0.1, -0.05) is 18.2 Å². The molecule has 3 aliphatic heterocycles. The first kappa shape index (κ1) is 18.0. The topological polar surface area (TPSA) is 72.9 Å². The fraction of sp³-hybridized carbons (Fsp3) is 0.391. The molecule has 5 rings (SSSR count). The first-order chi connectivity index (χ1) is 14.1. The third kappa shape index (κ3) is 3.03. The van der Waals surface area contributed by atoms with E-state index in [-0.39, 0.29) is 17.6 Å². The van der Waals surface area contributed by atoms with Crippen LogP contribution in [0.25, 0.3) is 0 Å². The maximum absolute atomic E-state index is 13.3. The molecule has 0 radical (unpaired) electrons. The van der Waals surface area contributed by atoms with E-state index in [2.05, 4.69) is 10.2 Å². The zero-order valence-electron chi connectivity index (χ0n) is 16.4. The van der Waals surface area contributed by atoms with Crippen molar-refractivity contribution in [3.63, 3.8) is 0 Å². The van der Waals surface area contributed by atoms with Crippen molar-refractivity contribution in [3.05, 3.63) is 53.1 Å². The zero-order chi connectivity index (χ0) is 20.0. The number of aryl methyl sites for hydroxylation is 1. The molecule has 3 heterocycles. The lowest BCUT2D eigenvalue weighted by Gasteiger charge is -2.41. The number of phenols is 1. The molecule has 2 N–H and O–H groups in total. The molecule has 6 heteroatoms. The van der Waals surface area contributed by atoms with Gasteiger partial charge in [0, 0.05) is 48.6 Å². The monoisotopic (exact) mass is 391 g/mol. The van der Waals surface area contributed by atoms with Crippen LogP contribution in [0.15, 0.2) is 36.4 Å². The third-order valence-electron chi connectivity index (χ3n) is 6.31. The highest BCUT2D eigenvalue weighted by molar-refractivity contribution is 5.99. The minimum atomic E-state index is -0.810. The first-order valence-corrected chi connectivity index (χ1v) is 10.4. The van der Waals surface area contributed by atoms with E-state index in [4.69, 9.17) is 0 Å². The van der Waals surface area contributed by atoms with Crippen LogP contribution in [0.2, 0.25) is 0 Å².